The predicted octanol–water partition coefficient (Wildman–Crippen LogP) is 3.06. The first-order chi connectivity index (χ1) is 11.1. The van der Waals surface area contributed by atoms with Crippen LogP contribution in [-0.2, 0) is 9.63 Å². The summed E-state index contributed by atoms with van der Waals surface area (Å²) in [7, 11) is 2.05. The molecule has 0 radical (unpaired) electrons. The van der Waals surface area contributed by atoms with Gasteiger partial charge in [0.2, 0.25) is 0 Å². The van der Waals surface area contributed by atoms with Crippen molar-refractivity contribution in [3.8, 4) is 0 Å². The molecule has 0 saturated heterocycles. The first kappa shape index (κ1) is 18.3. The van der Waals surface area contributed by atoms with Crippen molar-refractivity contribution in [1.82, 2.24) is 15.4 Å². The zero-order chi connectivity index (χ0) is 16.7. The van der Waals surface area contributed by atoms with E-state index in [1.807, 2.05) is 7.05 Å². The summed E-state index contributed by atoms with van der Waals surface area (Å²) in [4.78, 5) is 27.3. The standard InChI is InChI=1S/C15H23ClN4O2S/c1-3-22-19-14(21)10-23-15-17-12(16)9-13(18-15)20(2)11-7-5-4-6-8-11/h9,11H,3-8,10H2,1-2H3,(H,19,21). The quantitative estimate of drug-likeness (QED) is 0.349. The number of hydrogen-bond acceptors (Lipinski definition) is 6. The number of carbonyl (C=O) groups excluding carboxylic acids is 1. The van der Waals surface area contributed by atoms with Crippen molar-refractivity contribution >= 4 is 35.1 Å². The SMILES string of the molecule is CCONC(=O)CSc1nc(Cl)cc(N(C)C2CCCCC2)n1. The molecule has 1 aromatic rings. The van der Waals surface area contributed by atoms with E-state index in [1.54, 1.807) is 13.0 Å². The molecule has 0 aromatic carbocycles. The summed E-state index contributed by atoms with van der Waals surface area (Å²) < 4.78 is 0. The van der Waals surface area contributed by atoms with E-state index in [0.29, 0.717) is 23.0 Å². The maximum atomic E-state index is 11.6. The maximum absolute atomic E-state index is 11.6. The lowest BCUT2D eigenvalue weighted by Crippen LogP contribution is -2.34. The first-order valence-corrected chi connectivity index (χ1v) is 9.27. The fourth-order valence-electron chi connectivity index (χ4n) is 2.60. The van der Waals surface area contributed by atoms with Crippen molar-refractivity contribution in [2.24, 2.45) is 0 Å². The molecule has 0 atom stereocenters. The molecule has 2 rings (SSSR count). The third-order valence-electron chi connectivity index (χ3n) is 3.81. The van der Waals surface area contributed by atoms with Crippen LogP contribution in [0.4, 0.5) is 5.82 Å². The lowest BCUT2D eigenvalue weighted by atomic mass is 9.94. The van der Waals surface area contributed by atoms with Gasteiger partial charge in [0.15, 0.2) is 5.16 Å². The van der Waals surface area contributed by atoms with Crippen LogP contribution >= 0.6 is 23.4 Å². The second kappa shape index (κ2) is 9.30. The second-order valence-corrected chi connectivity index (χ2v) is 6.81. The number of halogens is 1. The van der Waals surface area contributed by atoms with Gasteiger partial charge in [0.1, 0.15) is 11.0 Å². The number of hydrogen-bond donors (Lipinski definition) is 1. The van der Waals surface area contributed by atoms with Gasteiger partial charge in [0.25, 0.3) is 5.91 Å². The molecule has 1 aliphatic carbocycles. The smallest absolute Gasteiger partial charge is 0.254 e. The minimum Gasteiger partial charge on any atom is -0.357 e. The van der Waals surface area contributed by atoms with Gasteiger partial charge >= 0.3 is 0 Å². The van der Waals surface area contributed by atoms with Crippen LogP contribution < -0.4 is 10.4 Å². The van der Waals surface area contributed by atoms with Crippen molar-refractivity contribution in [1.29, 1.82) is 0 Å². The molecule has 0 spiro atoms. The summed E-state index contributed by atoms with van der Waals surface area (Å²) in [6, 6.07) is 2.27. The van der Waals surface area contributed by atoms with E-state index >= 15 is 0 Å². The van der Waals surface area contributed by atoms with Crippen LogP contribution in [-0.4, -0.2) is 41.3 Å². The molecule has 1 saturated carbocycles. The van der Waals surface area contributed by atoms with E-state index < -0.39 is 0 Å². The number of amides is 1. The zero-order valence-corrected chi connectivity index (χ0v) is 15.1. The number of hydroxylamine groups is 1. The molecule has 1 amide bonds. The number of aromatic nitrogens is 2. The molecule has 0 aliphatic heterocycles. The average Bonchev–Trinajstić information content (AvgIpc) is 2.57. The molecule has 1 aliphatic rings. The van der Waals surface area contributed by atoms with E-state index in [2.05, 4.69) is 20.3 Å². The molecule has 8 heteroatoms. The number of thioether (sulfide) groups is 1. The summed E-state index contributed by atoms with van der Waals surface area (Å²) in [6.07, 6.45) is 6.18. The highest BCUT2D eigenvalue weighted by Crippen LogP contribution is 2.27. The Morgan fingerprint density at radius 1 is 1.43 bits per heavy atom. The van der Waals surface area contributed by atoms with Crippen LogP contribution in [0.1, 0.15) is 39.0 Å². The fraction of sp³-hybridized carbons (Fsp3) is 0.667. The van der Waals surface area contributed by atoms with Crippen molar-refractivity contribution in [2.75, 3.05) is 24.3 Å². The number of rotatable bonds is 7. The highest BCUT2D eigenvalue weighted by Gasteiger charge is 2.20. The van der Waals surface area contributed by atoms with E-state index in [-0.39, 0.29) is 11.7 Å². The molecular weight excluding hydrogens is 336 g/mol. The topological polar surface area (TPSA) is 67.3 Å². The summed E-state index contributed by atoms with van der Waals surface area (Å²) >= 11 is 7.36. The normalized spacial score (nSPS) is 15.4. The predicted molar refractivity (Wildman–Crippen MR) is 92.8 cm³/mol. The fourth-order valence-corrected chi connectivity index (χ4v) is 3.47. The summed E-state index contributed by atoms with van der Waals surface area (Å²) in [6.45, 7) is 2.24. The van der Waals surface area contributed by atoms with E-state index in [9.17, 15) is 4.79 Å². The minimum atomic E-state index is -0.220. The van der Waals surface area contributed by atoms with Gasteiger partial charge in [0.05, 0.1) is 12.4 Å². The van der Waals surface area contributed by atoms with Crippen LogP contribution in [0.3, 0.4) is 0 Å². The summed E-state index contributed by atoms with van der Waals surface area (Å²) in [5, 5.41) is 0.896. The molecule has 0 unspecified atom stereocenters. The molecule has 1 heterocycles. The Kier molecular flexibility index (Phi) is 7.39. The second-order valence-electron chi connectivity index (χ2n) is 5.48. The van der Waals surface area contributed by atoms with E-state index in [1.165, 1.54) is 43.9 Å². The van der Waals surface area contributed by atoms with Gasteiger partial charge in [0, 0.05) is 19.2 Å². The Morgan fingerprint density at radius 3 is 2.87 bits per heavy atom. The van der Waals surface area contributed by atoms with Crippen molar-refractivity contribution in [3.63, 3.8) is 0 Å². The molecule has 6 nitrogen and oxygen atoms in total. The number of nitrogens with one attached hydrogen (secondary N) is 1. The molecule has 23 heavy (non-hydrogen) atoms. The molecular formula is C15H23ClN4O2S. The van der Waals surface area contributed by atoms with Gasteiger partial charge in [-0.3, -0.25) is 9.63 Å². The number of carbonyl (C=O) groups is 1. The molecule has 0 bridgehead atoms. The van der Waals surface area contributed by atoms with Gasteiger partial charge in [-0.15, -0.1) is 0 Å². The van der Waals surface area contributed by atoms with Crippen LogP contribution in [0.5, 0.6) is 0 Å². The Hall–Kier alpha value is -1.05. The minimum absolute atomic E-state index is 0.187. The third-order valence-corrected chi connectivity index (χ3v) is 4.85. The van der Waals surface area contributed by atoms with Crippen LogP contribution in [0, 0.1) is 0 Å². The molecule has 128 valence electrons. The molecule has 1 fully saturated rings. The summed E-state index contributed by atoms with van der Waals surface area (Å²) in [5.41, 5.74) is 2.35. The van der Waals surface area contributed by atoms with Gasteiger partial charge < -0.3 is 4.90 Å². The molecule has 1 N–H and O–H groups in total. The maximum Gasteiger partial charge on any atom is 0.254 e. The molecule has 1 aromatic heterocycles. The first-order valence-electron chi connectivity index (χ1n) is 7.91. The Morgan fingerprint density at radius 2 is 2.17 bits per heavy atom. The van der Waals surface area contributed by atoms with Gasteiger partial charge in [-0.25, -0.2) is 15.4 Å². The van der Waals surface area contributed by atoms with Gasteiger partial charge in [-0.05, 0) is 19.8 Å². The van der Waals surface area contributed by atoms with E-state index in [4.69, 9.17) is 16.4 Å². The van der Waals surface area contributed by atoms with Gasteiger partial charge in [-0.2, -0.15) is 0 Å². The van der Waals surface area contributed by atoms with Crippen LogP contribution in [0.25, 0.3) is 0 Å². The van der Waals surface area contributed by atoms with Crippen molar-refractivity contribution in [3.05, 3.63) is 11.2 Å². The summed E-state index contributed by atoms with van der Waals surface area (Å²) in [5.74, 6) is 0.777. The highest BCUT2D eigenvalue weighted by atomic mass is 35.5. The number of anilines is 1. The van der Waals surface area contributed by atoms with Crippen LogP contribution in [0.2, 0.25) is 5.15 Å². The van der Waals surface area contributed by atoms with Crippen molar-refractivity contribution < 1.29 is 9.63 Å². The lowest BCUT2D eigenvalue weighted by molar-refractivity contribution is -0.130. The lowest BCUT2D eigenvalue weighted by Gasteiger charge is -2.32. The zero-order valence-electron chi connectivity index (χ0n) is 13.5. The highest BCUT2D eigenvalue weighted by molar-refractivity contribution is 7.99. The average molecular weight is 359 g/mol. The Balaban J connectivity index is 1.98. The van der Waals surface area contributed by atoms with Crippen molar-refractivity contribution in [2.45, 2.75) is 50.2 Å². The van der Waals surface area contributed by atoms with E-state index in [0.717, 1.165) is 5.82 Å². The Bertz CT molecular complexity index is 526. The Labute approximate surface area is 146 Å². The number of nitrogens with zero attached hydrogens (tertiary/aromatic N) is 3. The monoisotopic (exact) mass is 358 g/mol. The van der Waals surface area contributed by atoms with Crippen LogP contribution in [0.15, 0.2) is 11.2 Å². The third kappa shape index (κ3) is 5.82. The van der Waals surface area contributed by atoms with Gasteiger partial charge in [-0.1, -0.05) is 42.6 Å². The largest absolute Gasteiger partial charge is 0.357 e.